The number of carbonyl (C=O) groups is 1. The van der Waals surface area contributed by atoms with E-state index in [0.29, 0.717) is 5.78 Å². The standard InChI is InChI=1S/C20H30O3/c1-14-6-8-19-7-4-5-15(16(21)11-14)17(19)20(10-9-19)22-12-18(2,3)13-23-20/h11,15,17H,4-10,12-13H2,1-3H3. The van der Waals surface area contributed by atoms with Crippen LogP contribution in [-0.2, 0) is 14.3 Å². The summed E-state index contributed by atoms with van der Waals surface area (Å²) in [5, 5.41) is 0. The molecule has 3 nitrogen and oxygen atoms in total. The van der Waals surface area contributed by atoms with Gasteiger partial charge in [-0.05, 0) is 50.5 Å². The van der Waals surface area contributed by atoms with Crippen LogP contribution in [0, 0.1) is 22.7 Å². The van der Waals surface area contributed by atoms with E-state index < -0.39 is 5.79 Å². The molecule has 2 saturated carbocycles. The Bertz CT molecular complexity index is 537. The summed E-state index contributed by atoms with van der Waals surface area (Å²) in [4.78, 5) is 12.9. The minimum absolute atomic E-state index is 0.0816. The minimum atomic E-state index is -0.491. The maximum absolute atomic E-state index is 12.9. The van der Waals surface area contributed by atoms with Crippen molar-refractivity contribution in [3.8, 4) is 0 Å². The summed E-state index contributed by atoms with van der Waals surface area (Å²) in [5.41, 5.74) is 1.60. The molecule has 4 aliphatic rings. The second-order valence-electron chi connectivity index (χ2n) is 9.29. The van der Waals surface area contributed by atoms with Gasteiger partial charge in [-0.3, -0.25) is 4.79 Å². The lowest BCUT2D eigenvalue weighted by Crippen LogP contribution is -2.56. The number of carbonyl (C=O) groups excluding carboxylic acids is 1. The van der Waals surface area contributed by atoms with Gasteiger partial charge in [-0.2, -0.15) is 0 Å². The molecule has 0 amide bonds. The fourth-order valence-corrected chi connectivity index (χ4v) is 5.68. The Balaban J connectivity index is 1.72. The summed E-state index contributed by atoms with van der Waals surface area (Å²) in [5.74, 6) is 0.198. The zero-order valence-electron chi connectivity index (χ0n) is 14.8. The van der Waals surface area contributed by atoms with Crippen LogP contribution in [0.15, 0.2) is 11.6 Å². The number of allylic oxidation sites excluding steroid dienone is 2. The molecule has 0 aromatic rings. The van der Waals surface area contributed by atoms with Crippen molar-refractivity contribution in [3.05, 3.63) is 11.6 Å². The summed E-state index contributed by atoms with van der Waals surface area (Å²) in [6.45, 7) is 8.00. The molecule has 1 heterocycles. The first-order chi connectivity index (χ1) is 10.9. The van der Waals surface area contributed by atoms with Crippen molar-refractivity contribution in [1.29, 1.82) is 0 Å². The summed E-state index contributed by atoms with van der Waals surface area (Å²) in [7, 11) is 0. The summed E-state index contributed by atoms with van der Waals surface area (Å²) < 4.78 is 12.8. The van der Waals surface area contributed by atoms with Crippen molar-refractivity contribution in [1.82, 2.24) is 0 Å². The predicted molar refractivity (Wildman–Crippen MR) is 88.9 cm³/mol. The molecule has 23 heavy (non-hydrogen) atoms. The van der Waals surface area contributed by atoms with Crippen molar-refractivity contribution in [2.45, 2.75) is 71.5 Å². The lowest BCUT2D eigenvalue weighted by molar-refractivity contribution is -0.328. The van der Waals surface area contributed by atoms with Crippen LogP contribution < -0.4 is 0 Å². The van der Waals surface area contributed by atoms with Crippen molar-refractivity contribution >= 4 is 5.78 Å². The fraction of sp³-hybridized carbons (Fsp3) is 0.850. The molecule has 3 heteroatoms. The largest absolute Gasteiger partial charge is 0.349 e. The monoisotopic (exact) mass is 318 g/mol. The number of ketones is 1. The lowest BCUT2D eigenvalue weighted by Gasteiger charge is -2.52. The third kappa shape index (κ3) is 2.42. The van der Waals surface area contributed by atoms with Gasteiger partial charge in [0.05, 0.1) is 13.2 Å². The minimum Gasteiger partial charge on any atom is -0.349 e. The van der Waals surface area contributed by atoms with E-state index in [2.05, 4.69) is 20.8 Å². The second kappa shape index (κ2) is 5.16. The molecule has 0 aromatic heterocycles. The Hall–Kier alpha value is -0.670. The van der Waals surface area contributed by atoms with E-state index in [0.717, 1.165) is 38.9 Å². The van der Waals surface area contributed by atoms with E-state index in [4.69, 9.17) is 9.47 Å². The molecule has 1 aliphatic heterocycles. The van der Waals surface area contributed by atoms with Gasteiger partial charge in [-0.25, -0.2) is 0 Å². The highest BCUT2D eigenvalue weighted by atomic mass is 16.7. The third-order valence-electron chi connectivity index (χ3n) is 6.88. The maximum Gasteiger partial charge on any atom is 0.172 e. The first-order valence-corrected chi connectivity index (χ1v) is 9.35. The van der Waals surface area contributed by atoms with Crippen LogP contribution in [0.2, 0.25) is 0 Å². The Kier molecular flexibility index (Phi) is 3.55. The second-order valence-corrected chi connectivity index (χ2v) is 9.29. The maximum atomic E-state index is 12.9. The van der Waals surface area contributed by atoms with Crippen LogP contribution in [-0.4, -0.2) is 24.8 Å². The highest BCUT2D eigenvalue weighted by molar-refractivity contribution is 5.93. The van der Waals surface area contributed by atoms with Crippen LogP contribution in [0.3, 0.4) is 0 Å². The fourth-order valence-electron chi connectivity index (χ4n) is 5.68. The number of hydrogen-bond donors (Lipinski definition) is 0. The molecule has 3 unspecified atom stereocenters. The molecule has 3 fully saturated rings. The molecule has 1 saturated heterocycles. The first-order valence-electron chi connectivity index (χ1n) is 9.35. The Morgan fingerprint density at radius 1 is 1.09 bits per heavy atom. The smallest absolute Gasteiger partial charge is 0.172 e. The van der Waals surface area contributed by atoms with E-state index >= 15 is 0 Å². The molecular weight excluding hydrogens is 288 g/mol. The van der Waals surface area contributed by atoms with Crippen LogP contribution in [0.5, 0.6) is 0 Å². The Morgan fingerprint density at radius 3 is 2.57 bits per heavy atom. The molecule has 0 aromatic carbocycles. The zero-order chi connectivity index (χ0) is 16.3. The van der Waals surface area contributed by atoms with E-state index in [1.165, 1.54) is 24.8 Å². The Morgan fingerprint density at radius 2 is 1.83 bits per heavy atom. The van der Waals surface area contributed by atoms with Gasteiger partial charge in [0.1, 0.15) is 0 Å². The van der Waals surface area contributed by atoms with Gasteiger partial charge in [-0.1, -0.05) is 25.8 Å². The molecule has 3 aliphatic carbocycles. The predicted octanol–water partition coefficient (Wildman–Crippen LogP) is 4.26. The van der Waals surface area contributed by atoms with Crippen LogP contribution in [0.4, 0.5) is 0 Å². The number of hydrogen-bond acceptors (Lipinski definition) is 3. The number of ether oxygens (including phenoxy) is 2. The summed E-state index contributed by atoms with van der Waals surface area (Å²) >= 11 is 0. The van der Waals surface area contributed by atoms with Gasteiger partial charge >= 0.3 is 0 Å². The Labute approximate surface area is 139 Å². The topological polar surface area (TPSA) is 35.5 Å². The average molecular weight is 318 g/mol. The molecule has 4 rings (SSSR count). The molecule has 0 N–H and O–H groups in total. The summed E-state index contributed by atoms with van der Waals surface area (Å²) in [6, 6.07) is 0. The normalized spacial score (nSPS) is 41.9. The molecule has 0 radical (unpaired) electrons. The zero-order valence-corrected chi connectivity index (χ0v) is 14.8. The third-order valence-corrected chi connectivity index (χ3v) is 6.88. The van der Waals surface area contributed by atoms with Gasteiger partial charge < -0.3 is 9.47 Å². The van der Waals surface area contributed by atoms with E-state index in [1.54, 1.807) is 0 Å². The van der Waals surface area contributed by atoms with Crippen molar-refractivity contribution in [3.63, 3.8) is 0 Å². The van der Waals surface area contributed by atoms with Gasteiger partial charge in [-0.15, -0.1) is 0 Å². The molecular formula is C20H30O3. The van der Waals surface area contributed by atoms with Gasteiger partial charge in [0.25, 0.3) is 0 Å². The molecule has 128 valence electrons. The first kappa shape index (κ1) is 15.8. The lowest BCUT2D eigenvalue weighted by atomic mass is 9.58. The SMILES string of the molecule is CC1=CC(=O)C2CCCC3(CC1)CCC1(OCC(C)(C)CO1)C23. The molecule has 1 spiro atoms. The van der Waals surface area contributed by atoms with Gasteiger partial charge in [0, 0.05) is 23.7 Å². The van der Waals surface area contributed by atoms with E-state index in [9.17, 15) is 4.79 Å². The van der Waals surface area contributed by atoms with Crippen LogP contribution in [0.25, 0.3) is 0 Å². The van der Waals surface area contributed by atoms with Crippen LogP contribution >= 0.6 is 0 Å². The van der Waals surface area contributed by atoms with Crippen LogP contribution in [0.1, 0.15) is 65.7 Å². The molecule has 2 bridgehead atoms. The average Bonchev–Trinajstić information content (AvgIpc) is 2.83. The van der Waals surface area contributed by atoms with Crippen molar-refractivity contribution in [2.75, 3.05) is 13.2 Å². The number of rotatable bonds is 0. The van der Waals surface area contributed by atoms with Gasteiger partial charge in [0.2, 0.25) is 0 Å². The van der Waals surface area contributed by atoms with Crippen molar-refractivity contribution < 1.29 is 14.3 Å². The molecule has 3 atom stereocenters. The summed E-state index contributed by atoms with van der Waals surface area (Å²) in [6.07, 6.45) is 9.73. The van der Waals surface area contributed by atoms with E-state index in [-0.39, 0.29) is 22.7 Å². The quantitative estimate of drug-likeness (QED) is 0.669. The highest BCUT2D eigenvalue weighted by Crippen LogP contribution is 2.64. The van der Waals surface area contributed by atoms with Gasteiger partial charge in [0.15, 0.2) is 11.6 Å². The highest BCUT2D eigenvalue weighted by Gasteiger charge is 2.64. The van der Waals surface area contributed by atoms with Crippen molar-refractivity contribution in [2.24, 2.45) is 22.7 Å². The van der Waals surface area contributed by atoms with E-state index in [1.807, 2.05) is 6.08 Å².